The van der Waals surface area contributed by atoms with Crippen molar-refractivity contribution in [2.45, 2.75) is 25.9 Å². The summed E-state index contributed by atoms with van der Waals surface area (Å²) in [5, 5.41) is 0. The first-order chi connectivity index (χ1) is 7.38. The summed E-state index contributed by atoms with van der Waals surface area (Å²) < 4.78 is 40.6. The minimum Gasteiger partial charge on any atom is -0.477 e. The monoisotopic (exact) mass is 235 g/mol. The summed E-state index contributed by atoms with van der Waals surface area (Å²) in [4.78, 5) is 7.48. The molecule has 1 aromatic rings. The smallest absolute Gasteiger partial charge is 0.389 e. The Balaban J connectivity index is 2.40. The number of hydrogen-bond acceptors (Lipinski definition) is 4. The van der Waals surface area contributed by atoms with Crippen molar-refractivity contribution in [1.29, 1.82) is 0 Å². The van der Waals surface area contributed by atoms with Crippen LogP contribution in [0.3, 0.4) is 0 Å². The number of aryl methyl sites for hydroxylation is 1. The van der Waals surface area contributed by atoms with E-state index in [-0.39, 0.29) is 24.9 Å². The van der Waals surface area contributed by atoms with Crippen molar-refractivity contribution in [3.05, 3.63) is 11.8 Å². The highest BCUT2D eigenvalue weighted by molar-refractivity contribution is 5.28. The Kier molecular flexibility index (Phi) is 3.92. The van der Waals surface area contributed by atoms with Gasteiger partial charge in [0.05, 0.1) is 6.61 Å². The number of nitrogens with two attached hydrogens (primary N) is 1. The lowest BCUT2D eigenvalue weighted by atomic mass is 10.3. The third-order valence-corrected chi connectivity index (χ3v) is 1.79. The van der Waals surface area contributed by atoms with Gasteiger partial charge in [0.1, 0.15) is 0 Å². The Morgan fingerprint density at radius 2 is 2.12 bits per heavy atom. The molecular formula is C9H12F3N3O. The van der Waals surface area contributed by atoms with E-state index in [0.717, 1.165) is 0 Å². The summed E-state index contributed by atoms with van der Waals surface area (Å²) >= 11 is 0. The summed E-state index contributed by atoms with van der Waals surface area (Å²) in [6, 6.07) is 0. The van der Waals surface area contributed by atoms with Gasteiger partial charge in [-0.3, -0.25) is 0 Å². The van der Waals surface area contributed by atoms with Gasteiger partial charge in [-0.2, -0.15) is 18.2 Å². The number of rotatable bonds is 4. The molecule has 0 aliphatic rings. The second-order valence-electron chi connectivity index (χ2n) is 3.28. The average molecular weight is 235 g/mol. The third kappa shape index (κ3) is 4.33. The van der Waals surface area contributed by atoms with Gasteiger partial charge in [-0.1, -0.05) is 0 Å². The molecule has 0 fully saturated rings. The van der Waals surface area contributed by atoms with Crippen molar-refractivity contribution >= 4 is 5.95 Å². The number of hydrogen-bond donors (Lipinski definition) is 1. The first kappa shape index (κ1) is 12.5. The molecule has 0 bridgehead atoms. The Hall–Kier alpha value is -1.53. The zero-order valence-corrected chi connectivity index (χ0v) is 8.71. The molecule has 0 saturated heterocycles. The van der Waals surface area contributed by atoms with Gasteiger partial charge >= 0.3 is 6.18 Å². The first-order valence-electron chi connectivity index (χ1n) is 4.67. The number of alkyl halides is 3. The van der Waals surface area contributed by atoms with Gasteiger partial charge in [0.2, 0.25) is 11.8 Å². The third-order valence-electron chi connectivity index (χ3n) is 1.79. The lowest BCUT2D eigenvalue weighted by Crippen LogP contribution is -2.10. The minimum absolute atomic E-state index is 0.0384. The Morgan fingerprint density at radius 3 is 2.75 bits per heavy atom. The first-order valence-corrected chi connectivity index (χ1v) is 4.67. The zero-order valence-electron chi connectivity index (χ0n) is 8.71. The molecule has 1 aromatic heterocycles. The van der Waals surface area contributed by atoms with Crippen molar-refractivity contribution in [3.8, 4) is 5.88 Å². The predicted molar refractivity (Wildman–Crippen MR) is 52.0 cm³/mol. The highest BCUT2D eigenvalue weighted by atomic mass is 19.4. The van der Waals surface area contributed by atoms with E-state index in [1.807, 2.05) is 0 Å². The van der Waals surface area contributed by atoms with E-state index in [2.05, 4.69) is 9.97 Å². The number of ether oxygens (including phenoxy) is 1. The van der Waals surface area contributed by atoms with E-state index < -0.39 is 12.6 Å². The molecular weight excluding hydrogens is 223 g/mol. The fourth-order valence-corrected chi connectivity index (χ4v) is 1.03. The maximum Gasteiger partial charge on any atom is 0.389 e. The quantitative estimate of drug-likeness (QED) is 0.812. The molecule has 0 amide bonds. The molecule has 16 heavy (non-hydrogen) atoms. The van der Waals surface area contributed by atoms with E-state index >= 15 is 0 Å². The summed E-state index contributed by atoms with van der Waals surface area (Å²) in [6.07, 6.45) is -3.66. The van der Waals surface area contributed by atoms with E-state index in [4.69, 9.17) is 10.5 Å². The van der Waals surface area contributed by atoms with Crippen LogP contribution in [0.15, 0.2) is 6.20 Å². The largest absolute Gasteiger partial charge is 0.477 e. The van der Waals surface area contributed by atoms with E-state index in [9.17, 15) is 13.2 Å². The maximum atomic E-state index is 11.8. The molecule has 1 heterocycles. The standard InChI is InChI=1S/C9H12F3N3O/c1-6-5-14-8(13)15-7(6)16-4-2-3-9(10,11)12/h5H,2-4H2,1H3,(H2,13,14,15). The van der Waals surface area contributed by atoms with Crippen molar-refractivity contribution in [1.82, 2.24) is 9.97 Å². The fourth-order valence-electron chi connectivity index (χ4n) is 1.03. The van der Waals surface area contributed by atoms with Crippen LogP contribution in [-0.2, 0) is 0 Å². The number of nitrogen functional groups attached to an aromatic ring is 1. The number of nitrogens with zero attached hydrogens (tertiary/aromatic N) is 2. The number of halogens is 3. The molecule has 90 valence electrons. The van der Waals surface area contributed by atoms with Crippen molar-refractivity contribution in [2.75, 3.05) is 12.3 Å². The maximum absolute atomic E-state index is 11.8. The van der Waals surface area contributed by atoms with E-state index in [0.29, 0.717) is 5.56 Å². The van der Waals surface area contributed by atoms with Gasteiger partial charge < -0.3 is 10.5 Å². The Labute approximate surface area is 90.6 Å². The molecule has 0 aliphatic carbocycles. The normalized spacial score (nSPS) is 11.5. The molecule has 0 aromatic carbocycles. The molecule has 0 aliphatic heterocycles. The molecule has 0 atom stereocenters. The average Bonchev–Trinajstić information content (AvgIpc) is 2.16. The lowest BCUT2D eigenvalue weighted by Gasteiger charge is -2.09. The molecule has 4 nitrogen and oxygen atoms in total. The van der Waals surface area contributed by atoms with E-state index in [1.54, 1.807) is 6.92 Å². The van der Waals surface area contributed by atoms with Crippen LogP contribution in [0.2, 0.25) is 0 Å². The predicted octanol–water partition coefficient (Wildman–Crippen LogP) is 2.09. The molecule has 0 saturated carbocycles. The van der Waals surface area contributed by atoms with Gasteiger partial charge in [-0.05, 0) is 13.3 Å². The Bertz CT molecular complexity index is 354. The highest BCUT2D eigenvalue weighted by Crippen LogP contribution is 2.21. The SMILES string of the molecule is Cc1cnc(N)nc1OCCCC(F)(F)F. The van der Waals surface area contributed by atoms with Gasteiger partial charge in [0.15, 0.2) is 0 Å². The van der Waals surface area contributed by atoms with Crippen LogP contribution < -0.4 is 10.5 Å². The number of anilines is 1. The van der Waals surface area contributed by atoms with Crippen LogP contribution in [0.5, 0.6) is 5.88 Å². The zero-order chi connectivity index (χ0) is 12.2. The summed E-state index contributed by atoms with van der Waals surface area (Å²) in [5.41, 5.74) is 5.96. The number of aromatic nitrogens is 2. The second kappa shape index (κ2) is 5.00. The van der Waals surface area contributed by atoms with Crippen LogP contribution in [0.4, 0.5) is 19.1 Å². The topological polar surface area (TPSA) is 61.0 Å². The van der Waals surface area contributed by atoms with E-state index in [1.165, 1.54) is 6.20 Å². The summed E-state index contributed by atoms with van der Waals surface area (Å²) in [6.45, 7) is 1.65. The molecule has 7 heteroatoms. The van der Waals surface area contributed by atoms with Gasteiger partial charge in [0, 0.05) is 18.2 Å². The van der Waals surface area contributed by atoms with Crippen LogP contribution in [-0.4, -0.2) is 22.8 Å². The van der Waals surface area contributed by atoms with Gasteiger partial charge in [-0.15, -0.1) is 0 Å². The van der Waals surface area contributed by atoms with Crippen LogP contribution in [0.1, 0.15) is 18.4 Å². The minimum atomic E-state index is -4.15. The fraction of sp³-hybridized carbons (Fsp3) is 0.556. The molecule has 1 rings (SSSR count). The molecule has 0 spiro atoms. The van der Waals surface area contributed by atoms with Crippen LogP contribution in [0, 0.1) is 6.92 Å². The lowest BCUT2D eigenvalue weighted by molar-refractivity contribution is -0.136. The van der Waals surface area contributed by atoms with Crippen LogP contribution in [0.25, 0.3) is 0 Å². The van der Waals surface area contributed by atoms with Gasteiger partial charge in [0.25, 0.3) is 0 Å². The van der Waals surface area contributed by atoms with Crippen molar-refractivity contribution in [3.63, 3.8) is 0 Å². The summed E-state index contributed by atoms with van der Waals surface area (Å²) in [7, 11) is 0. The van der Waals surface area contributed by atoms with Crippen molar-refractivity contribution in [2.24, 2.45) is 0 Å². The second-order valence-corrected chi connectivity index (χ2v) is 3.28. The van der Waals surface area contributed by atoms with Crippen LogP contribution >= 0.6 is 0 Å². The highest BCUT2D eigenvalue weighted by Gasteiger charge is 2.26. The van der Waals surface area contributed by atoms with Crippen molar-refractivity contribution < 1.29 is 17.9 Å². The van der Waals surface area contributed by atoms with Gasteiger partial charge in [-0.25, -0.2) is 4.98 Å². The Morgan fingerprint density at radius 1 is 1.44 bits per heavy atom. The molecule has 0 radical (unpaired) electrons. The summed E-state index contributed by atoms with van der Waals surface area (Å²) in [5.74, 6) is 0.270. The molecule has 0 unspecified atom stereocenters. The molecule has 2 N–H and O–H groups in total.